The lowest BCUT2D eigenvalue weighted by molar-refractivity contribution is -0.139. The van der Waals surface area contributed by atoms with Gasteiger partial charge in [-0.1, -0.05) is 30.3 Å². The van der Waals surface area contributed by atoms with Gasteiger partial charge in [0.05, 0.1) is 35.2 Å². The summed E-state index contributed by atoms with van der Waals surface area (Å²) in [7, 11) is 0. The second kappa shape index (κ2) is 9.82. The maximum Gasteiger partial charge on any atom is 0.338 e. The average Bonchev–Trinajstić information content (AvgIpc) is 3.38. The SMILES string of the molecule is CCOC(=O)C1=C(COC(=O)c2ccc(-n3cccn3)cc2)NC(=O)NC1c1ccccc1. The summed E-state index contributed by atoms with van der Waals surface area (Å²) in [4.78, 5) is 37.6. The summed E-state index contributed by atoms with van der Waals surface area (Å²) in [5.41, 5.74) is 2.18. The molecule has 0 fully saturated rings. The van der Waals surface area contributed by atoms with Crippen molar-refractivity contribution in [2.24, 2.45) is 0 Å². The number of nitrogens with one attached hydrogen (secondary N) is 2. The Labute approximate surface area is 190 Å². The molecule has 0 bridgehead atoms. The number of carbonyl (C=O) groups excluding carboxylic acids is 3. The van der Waals surface area contributed by atoms with Crippen LogP contribution in [0.5, 0.6) is 0 Å². The molecule has 1 unspecified atom stereocenters. The van der Waals surface area contributed by atoms with Crippen molar-refractivity contribution in [2.75, 3.05) is 13.2 Å². The molecule has 0 radical (unpaired) electrons. The molecule has 1 aliphatic rings. The van der Waals surface area contributed by atoms with Crippen molar-refractivity contribution in [3.05, 3.63) is 95.5 Å². The van der Waals surface area contributed by atoms with Crippen molar-refractivity contribution < 1.29 is 23.9 Å². The Morgan fingerprint density at radius 1 is 1.00 bits per heavy atom. The molecule has 2 heterocycles. The molecule has 0 saturated heterocycles. The largest absolute Gasteiger partial charge is 0.463 e. The summed E-state index contributed by atoms with van der Waals surface area (Å²) in [5.74, 6) is -1.20. The highest BCUT2D eigenvalue weighted by molar-refractivity contribution is 5.95. The van der Waals surface area contributed by atoms with E-state index in [2.05, 4.69) is 15.7 Å². The van der Waals surface area contributed by atoms with Crippen LogP contribution in [-0.2, 0) is 14.3 Å². The number of benzene rings is 2. The summed E-state index contributed by atoms with van der Waals surface area (Å²) < 4.78 is 12.3. The van der Waals surface area contributed by atoms with Gasteiger partial charge in [-0.15, -0.1) is 0 Å². The predicted molar refractivity (Wildman–Crippen MR) is 118 cm³/mol. The van der Waals surface area contributed by atoms with Gasteiger partial charge < -0.3 is 20.1 Å². The van der Waals surface area contributed by atoms with Gasteiger partial charge in [0, 0.05) is 12.4 Å². The summed E-state index contributed by atoms with van der Waals surface area (Å²) in [6, 6.07) is 16.3. The number of rotatable bonds is 7. The molecule has 1 aromatic heterocycles. The molecule has 9 nitrogen and oxygen atoms in total. The molecule has 0 aliphatic carbocycles. The van der Waals surface area contributed by atoms with E-state index in [0.29, 0.717) is 11.1 Å². The van der Waals surface area contributed by atoms with E-state index >= 15 is 0 Å². The van der Waals surface area contributed by atoms with E-state index in [1.54, 1.807) is 78.6 Å². The first-order valence-corrected chi connectivity index (χ1v) is 10.4. The summed E-state index contributed by atoms with van der Waals surface area (Å²) >= 11 is 0. The first kappa shape index (κ1) is 21.8. The van der Waals surface area contributed by atoms with E-state index in [0.717, 1.165) is 5.69 Å². The van der Waals surface area contributed by atoms with Crippen LogP contribution in [-0.4, -0.2) is 41.0 Å². The highest BCUT2D eigenvalue weighted by Gasteiger charge is 2.34. The zero-order chi connectivity index (χ0) is 23.2. The van der Waals surface area contributed by atoms with Crippen LogP contribution >= 0.6 is 0 Å². The normalized spacial score (nSPS) is 15.4. The summed E-state index contributed by atoms with van der Waals surface area (Å²) in [5, 5.41) is 9.46. The van der Waals surface area contributed by atoms with E-state index in [-0.39, 0.29) is 24.5 Å². The van der Waals surface area contributed by atoms with Gasteiger partial charge in [0.25, 0.3) is 0 Å². The fraction of sp³-hybridized carbons (Fsp3) is 0.167. The molecule has 33 heavy (non-hydrogen) atoms. The topological polar surface area (TPSA) is 112 Å². The van der Waals surface area contributed by atoms with Gasteiger partial charge in [0.1, 0.15) is 6.61 Å². The molecule has 1 atom stereocenters. The van der Waals surface area contributed by atoms with E-state index in [1.165, 1.54) is 0 Å². The monoisotopic (exact) mass is 446 g/mol. The fourth-order valence-electron chi connectivity index (χ4n) is 3.47. The lowest BCUT2D eigenvalue weighted by atomic mass is 9.95. The minimum absolute atomic E-state index is 0.160. The van der Waals surface area contributed by atoms with Crippen molar-refractivity contribution in [3.63, 3.8) is 0 Å². The number of urea groups is 1. The van der Waals surface area contributed by atoms with E-state index < -0.39 is 24.0 Å². The first-order chi connectivity index (χ1) is 16.1. The fourth-order valence-corrected chi connectivity index (χ4v) is 3.47. The zero-order valence-corrected chi connectivity index (χ0v) is 17.9. The minimum Gasteiger partial charge on any atom is -0.463 e. The number of ether oxygens (including phenoxy) is 2. The van der Waals surface area contributed by atoms with Gasteiger partial charge in [-0.25, -0.2) is 19.1 Å². The predicted octanol–water partition coefficient (Wildman–Crippen LogP) is 2.90. The second-order valence-corrected chi connectivity index (χ2v) is 7.13. The highest BCUT2D eigenvalue weighted by Crippen LogP contribution is 2.28. The van der Waals surface area contributed by atoms with Gasteiger partial charge in [-0.2, -0.15) is 5.10 Å². The molecule has 0 spiro atoms. The van der Waals surface area contributed by atoms with Gasteiger partial charge in [-0.3, -0.25) is 0 Å². The Hall–Kier alpha value is -4.40. The number of amides is 2. The van der Waals surface area contributed by atoms with Gasteiger partial charge >= 0.3 is 18.0 Å². The van der Waals surface area contributed by atoms with Crippen LogP contribution < -0.4 is 10.6 Å². The third-order valence-corrected chi connectivity index (χ3v) is 5.00. The molecule has 2 N–H and O–H groups in total. The molecule has 0 saturated carbocycles. The number of carbonyl (C=O) groups is 3. The average molecular weight is 446 g/mol. The molecule has 168 valence electrons. The third-order valence-electron chi connectivity index (χ3n) is 5.00. The minimum atomic E-state index is -0.735. The Kier molecular flexibility index (Phi) is 6.49. The molecule has 2 amide bonds. The van der Waals surface area contributed by atoms with E-state index in [1.807, 2.05) is 6.07 Å². The maximum atomic E-state index is 12.7. The molecule has 3 aromatic rings. The number of hydrogen-bond acceptors (Lipinski definition) is 6. The highest BCUT2D eigenvalue weighted by atomic mass is 16.5. The standard InChI is InChI=1S/C24H22N4O5/c1-2-32-23(30)20-19(26-24(31)27-21(20)16-7-4-3-5-8-16)15-33-22(29)17-9-11-18(12-10-17)28-14-6-13-25-28/h3-14,21H,2,15H2,1H3,(H2,26,27,31). The lowest BCUT2D eigenvalue weighted by Gasteiger charge is -2.29. The Morgan fingerprint density at radius 2 is 1.76 bits per heavy atom. The Bertz CT molecular complexity index is 1170. The van der Waals surface area contributed by atoms with Crippen molar-refractivity contribution >= 4 is 18.0 Å². The van der Waals surface area contributed by atoms with Crippen LogP contribution in [0.3, 0.4) is 0 Å². The first-order valence-electron chi connectivity index (χ1n) is 10.4. The van der Waals surface area contributed by atoms with Gasteiger partial charge in [0.2, 0.25) is 0 Å². The molecular formula is C24H22N4O5. The summed E-state index contributed by atoms with van der Waals surface area (Å²) in [6.07, 6.45) is 3.45. The smallest absolute Gasteiger partial charge is 0.338 e. The van der Waals surface area contributed by atoms with Crippen LogP contribution in [0.1, 0.15) is 28.9 Å². The van der Waals surface area contributed by atoms with Crippen molar-refractivity contribution in [2.45, 2.75) is 13.0 Å². The third kappa shape index (κ3) is 4.93. The Balaban J connectivity index is 1.56. The molecule has 9 heteroatoms. The number of nitrogens with zero attached hydrogens (tertiary/aromatic N) is 2. The quantitative estimate of drug-likeness (QED) is 0.540. The lowest BCUT2D eigenvalue weighted by Crippen LogP contribution is -2.47. The molecule has 1 aliphatic heterocycles. The van der Waals surface area contributed by atoms with E-state index in [4.69, 9.17) is 9.47 Å². The van der Waals surface area contributed by atoms with Gasteiger partial charge in [-0.05, 0) is 42.8 Å². The zero-order valence-electron chi connectivity index (χ0n) is 17.9. The van der Waals surface area contributed by atoms with Crippen LogP contribution in [0, 0.1) is 0 Å². The molecule has 2 aromatic carbocycles. The van der Waals surface area contributed by atoms with Crippen LogP contribution in [0.15, 0.2) is 84.3 Å². The summed E-state index contributed by atoms with van der Waals surface area (Å²) in [6.45, 7) is 1.55. The number of aromatic nitrogens is 2. The van der Waals surface area contributed by atoms with Crippen molar-refractivity contribution in [1.82, 2.24) is 20.4 Å². The van der Waals surface area contributed by atoms with Crippen molar-refractivity contribution in [3.8, 4) is 5.69 Å². The van der Waals surface area contributed by atoms with Crippen molar-refractivity contribution in [1.29, 1.82) is 0 Å². The Morgan fingerprint density at radius 3 is 2.42 bits per heavy atom. The second-order valence-electron chi connectivity index (χ2n) is 7.13. The van der Waals surface area contributed by atoms with Crippen LogP contribution in [0.2, 0.25) is 0 Å². The van der Waals surface area contributed by atoms with Crippen LogP contribution in [0.4, 0.5) is 4.79 Å². The number of esters is 2. The van der Waals surface area contributed by atoms with Gasteiger partial charge in [0.15, 0.2) is 0 Å². The van der Waals surface area contributed by atoms with Crippen LogP contribution in [0.25, 0.3) is 5.69 Å². The molecular weight excluding hydrogens is 424 g/mol. The van der Waals surface area contributed by atoms with E-state index in [9.17, 15) is 14.4 Å². The maximum absolute atomic E-state index is 12.7. The number of hydrogen-bond donors (Lipinski definition) is 2. The molecule has 4 rings (SSSR count).